The first kappa shape index (κ1) is 10.3. The van der Waals surface area contributed by atoms with Crippen molar-refractivity contribution in [3.05, 3.63) is 47.2 Å². The van der Waals surface area contributed by atoms with E-state index >= 15 is 0 Å². The molecule has 1 aromatic carbocycles. The zero-order valence-electron chi connectivity index (χ0n) is 9.24. The van der Waals surface area contributed by atoms with Gasteiger partial charge in [-0.2, -0.15) is 0 Å². The van der Waals surface area contributed by atoms with E-state index in [0.29, 0.717) is 11.0 Å². The van der Waals surface area contributed by atoms with Crippen LogP contribution in [0.25, 0.3) is 22.4 Å². The van der Waals surface area contributed by atoms with Gasteiger partial charge in [0.25, 0.3) is 0 Å². The van der Waals surface area contributed by atoms with Gasteiger partial charge in [-0.15, -0.1) is 0 Å². The van der Waals surface area contributed by atoms with Crippen molar-refractivity contribution in [1.29, 1.82) is 0 Å². The first-order valence-corrected chi connectivity index (χ1v) is 5.69. The molecule has 0 spiro atoms. The maximum absolute atomic E-state index is 6.11. The van der Waals surface area contributed by atoms with Crippen LogP contribution >= 0.6 is 11.6 Å². The number of aromatic amines is 1. The van der Waals surface area contributed by atoms with Crippen molar-refractivity contribution < 1.29 is 0 Å². The standard InChI is InChI=1S/C13H10ClN3/c1-8-2-4-9(5-3-8)12-16-11(14)10-6-7-15-13(10)17-12/h2-7H,1H3,(H,15,16,17). The zero-order chi connectivity index (χ0) is 11.8. The lowest BCUT2D eigenvalue weighted by Gasteiger charge is -2.02. The highest BCUT2D eigenvalue weighted by atomic mass is 35.5. The molecular formula is C13H10ClN3. The number of nitrogens with one attached hydrogen (secondary N) is 1. The van der Waals surface area contributed by atoms with Crippen LogP contribution in [0.1, 0.15) is 5.56 Å². The maximum Gasteiger partial charge on any atom is 0.163 e. The van der Waals surface area contributed by atoms with Gasteiger partial charge >= 0.3 is 0 Å². The fourth-order valence-electron chi connectivity index (χ4n) is 1.74. The van der Waals surface area contributed by atoms with Crippen molar-refractivity contribution in [1.82, 2.24) is 15.0 Å². The van der Waals surface area contributed by atoms with E-state index in [9.17, 15) is 0 Å². The number of hydrogen-bond donors (Lipinski definition) is 1. The van der Waals surface area contributed by atoms with Crippen LogP contribution in [0.2, 0.25) is 5.15 Å². The van der Waals surface area contributed by atoms with E-state index in [-0.39, 0.29) is 0 Å². The summed E-state index contributed by atoms with van der Waals surface area (Å²) in [6, 6.07) is 9.93. The Morgan fingerprint density at radius 1 is 1.06 bits per heavy atom. The third-order valence-electron chi connectivity index (χ3n) is 2.68. The second-order valence-corrected chi connectivity index (χ2v) is 4.30. The molecule has 0 unspecified atom stereocenters. The van der Waals surface area contributed by atoms with Gasteiger partial charge in [0.15, 0.2) is 5.82 Å². The average molecular weight is 244 g/mol. The van der Waals surface area contributed by atoms with Crippen molar-refractivity contribution in [3.63, 3.8) is 0 Å². The van der Waals surface area contributed by atoms with Crippen LogP contribution in [-0.2, 0) is 0 Å². The molecular weight excluding hydrogens is 234 g/mol. The summed E-state index contributed by atoms with van der Waals surface area (Å²) in [5.74, 6) is 0.643. The fourth-order valence-corrected chi connectivity index (χ4v) is 1.97. The molecule has 0 saturated carbocycles. The Labute approximate surface area is 103 Å². The fraction of sp³-hybridized carbons (Fsp3) is 0.0769. The van der Waals surface area contributed by atoms with Gasteiger partial charge in [0.2, 0.25) is 0 Å². The molecule has 2 aromatic heterocycles. The molecule has 0 fully saturated rings. The molecule has 3 aromatic rings. The van der Waals surface area contributed by atoms with Crippen molar-refractivity contribution in [3.8, 4) is 11.4 Å². The summed E-state index contributed by atoms with van der Waals surface area (Å²) in [6.45, 7) is 2.05. The molecule has 0 aliphatic heterocycles. The van der Waals surface area contributed by atoms with Crippen LogP contribution in [0.4, 0.5) is 0 Å². The number of H-pyrrole nitrogens is 1. The van der Waals surface area contributed by atoms with E-state index in [4.69, 9.17) is 11.6 Å². The minimum absolute atomic E-state index is 0.479. The quantitative estimate of drug-likeness (QED) is 0.664. The van der Waals surface area contributed by atoms with Crippen molar-refractivity contribution in [2.24, 2.45) is 0 Å². The topological polar surface area (TPSA) is 41.6 Å². The van der Waals surface area contributed by atoms with E-state index in [1.807, 2.05) is 43.5 Å². The predicted octanol–water partition coefficient (Wildman–Crippen LogP) is 3.59. The maximum atomic E-state index is 6.11. The molecule has 0 amide bonds. The lowest BCUT2D eigenvalue weighted by molar-refractivity contribution is 1.20. The van der Waals surface area contributed by atoms with Gasteiger partial charge in [-0.05, 0) is 13.0 Å². The Bertz CT molecular complexity index is 671. The van der Waals surface area contributed by atoms with E-state index in [0.717, 1.165) is 16.6 Å². The molecule has 0 aliphatic rings. The van der Waals surface area contributed by atoms with E-state index < -0.39 is 0 Å². The third-order valence-corrected chi connectivity index (χ3v) is 2.97. The number of fused-ring (bicyclic) bond motifs is 1. The van der Waals surface area contributed by atoms with Crippen molar-refractivity contribution >= 4 is 22.6 Å². The smallest absolute Gasteiger partial charge is 0.163 e. The molecule has 0 radical (unpaired) electrons. The first-order chi connectivity index (χ1) is 8.24. The number of nitrogens with zero attached hydrogens (tertiary/aromatic N) is 2. The minimum Gasteiger partial charge on any atom is -0.346 e. The Morgan fingerprint density at radius 2 is 1.82 bits per heavy atom. The van der Waals surface area contributed by atoms with Crippen molar-refractivity contribution in [2.75, 3.05) is 0 Å². The van der Waals surface area contributed by atoms with Gasteiger partial charge < -0.3 is 4.98 Å². The lowest BCUT2D eigenvalue weighted by Crippen LogP contribution is -1.90. The van der Waals surface area contributed by atoms with Crippen LogP contribution in [-0.4, -0.2) is 15.0 Å². The molecule has 0 bridgehead atoms. The second kappa shape index (κ2) is 3.86. The molecule has 17 heavy (non-hydrogen) atoms. The molecule has 1 N–H and O–H groups in total. The van der Waals surface area contributed by atoms with Crippen LogP contribution < -0.4 is 0 Å². The van der Waals surface area contributed by atoms with Gasteiger partial charge in [0.05, 0.1) is 5.39 Å². The van der Waals surface area contributed by atoms with Crippen LogP contribution in [0.3, 0.4) is 0 Å². The number of halogens is 1. The third kappa shape index (κ3) is 1.78. The number of hydrogen-bond acceptors (Lipinski definition) is 2. The molecule has 0 atom stereocenters. The second-order valence-electron chi connectivity index (χ2n) is 3.94. The first-order valence-electron chi connectivity index (χ1n) is 5.32. The highest BCUT2D eigenvalue weighted by molar-refractivity contribution is 6.34. The van der Waals surface area contributed by atoms with Gasteiger partial charge in [0.1, 0.15) is 10.8 Å². The molecule has 84 valence electrons. The average Bonchev–Trinajstić information content (AvgIpc) is 2.78. The molecule has 4 heteroatoms. The molecule has 3 rings (SSSR count). The number of aromatic nitrogens is 3. The van der Waals surface area contributed by atoms with Gasteiger partial charge in [-0.25, -0.2) is 9.97 Å². The summed E-state index contributed by atoms with van der Waals surface area (Å²) in [6.07, 6.45) is 1.81. The van der Waals surface area contributed by atoms with Crippen LogP contribution in [0, 0.1) is 6.92 Å². The SMILES string of the molecule is Cc1ccc(-c2nc(Cl)c3cc[nH]c3n2)cc1. The Kier molecular flexibility index (Phi) is 2.34. The predicted molar refractivity (Wildman–Crippen MR) is 69.1 cm³/mol. The number of benzene rings is 1. The summed E-state index contributed by atoms with van der Waals surface area (Å²) in [5, 5.41) is 1.33. The normalized spacial score (nSPS) is 10.9. The highest BCUT2D eigenvalue weighted by Gasteiger charge is 2.08. The van der Waals surface area contributed by atoms with E-state index in [1.54, 1.807) is 0 Å². The zero-order valence-corrected chi connectivity index (χ0v) is 9.99. The Hall–Kier alpha value is -1.87. The molecule has 3 nitrogen and oxygen atoms in total. The summed E-state index contributed by atoms with van der Waals surface area (Å²) in [5.41, 5.74) is 2.94. The van der Waals surface area contributed by atoms with Gasteiger partial charge in [0, 0.05) is 11.8 Å². The van der Waals surface area contributed by atoms with Gasteiger partial charge in [-0.3, -0.25) is 0 Å². The number of rotatable bonds is 1. The number of aryl methyl sites for hydroxylation is 1. The summed E-state index contributed by atoms with van der Waals surface area (Å²) >= 11 is 6.11. The van der Waals surface area contributed by atoms with Crippen LogP contribution in [0.15, 0.2) is 36.5 Å². The summed E-state index contributed by atoms with van der Waals surface area (Å²) in [4.78, 5) is 11.8. The van der Waals surface area contributed by atoms with E-state index in [1.165, 1.54) is 5.56 Å². The Balaban J connectivity index is 2.20. The van der Waals surface area contributed by atoms with Crippen molar-refractivity contribution in [2.45, 2.75) is 6.92 Å². The largest absolute Gasteiger partial charge is 0.346 e. The lowest BCUT2D eigenvalue weighted by atomic mass is 10.1. The Morgan fingerprint density at radius 3 is 2.59 bits per heavy atom. The van der Waals surface area contributed by atoms with E-state index in [2.05, 4.69) is 15.0 Å². The molecule has 0 aliphatic carbocycles. The van der Waals surface area contributed by atoms with Gasteiger partial charge in [-0.1, -0.05) is 41.4 Å². The molecule has 0 saturated heterocycles. The molecule has 2 heterocycles. The van der Waals surface area contributed by atoms with Crippen LogP contribution in [0.5, 0.6) is 0 Å². The summed E-state index contributed by atoms with van der Waals surface area (Å²) in [7, 11) is 0. The summed E-state index contributed by atoms with van der Waals surface area (Å²) < 4.78 is 0. The highest BCUT2D eigenvalue weighted by Crippen LogP contribution is 2.23. The monoisotopic (exact) mass is 243 g/mol. The minimum atomic E-state index is 0.479.